The molecule has 1 heterocycles. The number of thioether (sulfide) groups is 1. The van der Waals surface area contributed by atoms with Crippen LogP contribution in [0.25, 0.3) is 0 Å². The number of methoxy groups -OCH3 is 1. The van der Waals surface area contributed by atoms with E-state index in [1.54, 1.807) is 18.2 Å². The van der Waals surface area contributed by atoms with Crippen molar-refractivity contribution in [1.82, 2.24) is 0 Å². The number of halogens is 1. The number of sulfone groups is 1. The van der Waals surface area contributed by atoms with Gasteiger partial charge in [0.1, 0.15) is 18.2 Å². The first-order valence-electron chi connectivity index (χ1n) is 11.4. The van der Waals surface area contributed by atoms with Crippen LogP contribution in [-0.4, -0.2) is 57.9 Å². The second kappa shape index (κ2) is 11.2. The standard InChI is InChI=1S/C25H32FNO6S2/c1-5-6-11-25(2)15-27(18-9-7-17(26)8-10-18)19-12-22(34-4)21(13-23(19)35(30,31)16-25)33-14-20(28)24(29)32-3/h7-10,12-13,20,28H,5-6,11,14-16H2,1-4H3/t20-,25-/m1/s1. The summed E-state index contributed by atoms with van der Waals surface area (Å²) in [7, 11) is -2.57. The number of hydrogen-bond acceptors (Lipinski definition) is 8. The number of aliphatic hydroxyl groups excluding tert-OH is 1. The van der Waals surface area contributed by atoms with Gasteiger partial charge in [-0.05, 0) is 48.4 Å². The fourth-order valence-corrected chi connectivity index (χ4v) is 6.92. The van der Waals surface area contributed by atoms with E-state index in [1.807, 2.05) is 18.1 Å². The Kier molecular flexibility index (Phi) is 8.72. The second-order valence-corrected chi connectivity index (χ2v) is 11.9. The summed E-state index contributed by atoms with van der Waals surface area (Å²) in [6.07, 6.45) is 2.87. The zero-order valence-electron chi connectivity index (χ0n) is 20.4. The molecule has 3 rings (SSSR count). The van der Waals surface area contributed by atoms with E-state index in [2.05, 4.69) is 11.7 Å². The third-order valence-corrected chi connectivity index (χ3v) is 8.92. The third-order valence-electron chi connectivity index (χ3n) is 6.09. The largest absolute Gasteiger partial charge is 0.489 e. The molecule has 35 heavy (non-hydrogen) atoms. The molecular weight excluding hydrogens is 493 g/mol. The molecular formula is C25H32FNO6S2. The highest BCUT2D eigenvalue weighted by atomic mass is 32.2. The van der Waals surface area contributed by atoms with Gasteiger partial charge in [0.25, 0.3) is 0 Å². The number of esters is 1. The molecule has 0 unspecified atom stereocenters. The first-order valence-corrected chi connectivity index (χ1v) is 14.3. The summed E-state index contributed by atoms with van der Waals surface area (Å²) in [4.78, 5) is 14.2. The number of ether oxygens (including phenoxy) is 2. The molecule has 0 aromatic heterocycles. The maximum absolute atomic E-state index is 13.7. The summed E-state index contributed by atoms with van der Waals surface area (Å²) in [6.45, 7) is 4.11. The Morgan fingerprint density at radius 1 is 1.29 bits per heavy atom. The Labute approximate surface area is 210 Å². The number of benzene rings is 2. The molecule has 0 bridgehead atoms. The van der Waals surface area contributed by atoms with Crippen molar-refractivity contribution in [3.05, 3.63) is 42.2 Å². The molecule has 192 valence electrons. The number of rotatable bonds is 9. The van der Waals surface area contributed by atoms with Crippen molar-refractivity contribution in [2.24, 2.45) is 5.41 Å². The molecule has 1 N–H and O–H groups in total. The van der Waals surface area contributed by atoms with Gasteiger partial charge in [0.05, 0.1) is 28.3 Å². The maximum Gasteiger partial charge on any atom is 0.338 e. The minimum Gasteiger partial charge on any atom is -0.489 e. The molecule has 0 spiro atoms. The fraction of sp³-hybridized carbons (Fsp3) is 0.480. The van der Waals surface area contributed by atoms with E-state index in [0.717, 1.165) is 26.4 Å². The number of carbonyl (C=O) groups excluding carboxylic acids is 1. The SMILES string of the molecule is CCCC[C@]1(C)CN(c2ccc(F)cc2)c2cc(SC)c(OC[C@@H](O)C(=O)OC)cc2S(=O)(=O)C1. The van der Waals surface area contributed by atoms with Crippen LogP contribution in [0.5, 0.6) is 5.75 Å². The average molecular weight is 526 g/mol. The Balaban J connectivity index is 2.14. The van der Waals surface area contributed by atoms with E-state index in [1.165, 1.54) is 30.0 Å². The summed E-state index contributed by atoms with van der Waals surface area (Å²) >= 11 is 1.35. The highest BCUT2D eigenvalue weighted by Gasteiger charge is 2.40. The van der Waals surface area contributed by atoms with Crippen LogP contribution in [0, 0.1) is 11.2 Å². The van der Waals surface area contributed by atoms with Crippen molar-refractivity contribution in [3.8, 4) is 5.75 Å². The molecule has 2 aromatic carbocycles. The van der Waals surface area contributed by atoms with Crippen LogP contribution in [0.15, 0.2) is 46.2 Å². The van der Waals surface area contributed by atoms with Gasteiger partial charge in [-0.1, -0.05) is 26.7 Å². The lowest BCUT2D eigenvalue weighted by Gasteiger charge is -2.34. The van der Waals surface area contributed by atoms with Gasteiger partial charge in [0.2, 0.25) is 0 Å². The highest BCUT2D eigenvalue weighted by Crippen LogP contribution is 2.46. The predicted molar refractivity (Wildman–Crippen MR) is 135 cm³/mol. The van der Waals surface area contributed by atoms with Crippen LogP contribution >= 0.6 is 11.8 Å². The molecule has 0 amide bonds. The van der Waals surface area contributed by atoms with E-state index in [4.69, 9.17) is 4.74 Å². The van der Waals surface area contributed by atoms with Gasteiger partial charge < -0.3 is 19.5 Å². The number of aliphatic hydroxyl groups is 1. The normalized spacial score (nSPS) is 20.0. The quantitative estimate of drug-likeness (QED) is 0.376. The van der Waals surface area contributed by atoms with Crippen LogP contribution in [0.4, 0.5) is 15.8 Å². The number of fused-ring (bicyclic) bond motifs is 1. The monoisotopic (exact) mass is 525 g/mol. The Hall–Kier alpha value is -2.30. The van der Waals surface area contributed by atoms with Crippen molar-refractivity contribution in [1.29, 1.82) is 0 Å². The number of hydrogen-bond donors (Lipinski definition) is 1. The van der Waals surface area contributed by atoms with Gasteiger partial charge in [-0.3, -0.25) is 0 Å². The molecule has 0 saturated heterocycles. The van der Waals surface area contributed by atoms with Crippen LogP contribution in [0.2, 0.25) is 0 Å². The molecule has 2 atom stereocenters. The zero-order valence-corrected chi connectivity index (χ0v) is 22.0. The highest BCUT2D eigenvalue weighted by molar-refractivity contribution is 7.98. The molecule has 0 saturated carbocycles. The molecule has 7 nitrogen and oxygen atoms in total. The van der Waals surface area contributed by atoms with Crippen molar-refractivity contribution in [3.63, 3.8) is 0 Å². The second-order valence-electron chi connectivity index (χ2n) is 9.06. The van der Waals surface area contributed by atoms with E-state index in [9.17, 15) is 22.7 Å². The van der Waals surface area contributed by atoms with E-state index in [0.29, 0.717) is 22.8 Å². The summed E-state index contributed by atoms with van der Waals surface area (Å²) in [6, 6.07) is 9.22. The maximum atomic E-state index is 13.7. The van der Waals surface area contributed by atoms with E-state index < -0.39 is 27.3 Å². The smallest absolute Gasteiger partial charge is 0.338 e. The van der Waals surface area contributed by atoms with Crippen LogP contribution < -0.4 is 9.64 Å². The predicted octanol–water partition coefficient (Wildman–Crippen LogP) is 4.58. The van der Waals surface area contributed by atoms with Gasteiger partial charge in [-0.25, -0.2) is 17.6 Å². The van der Waals surface area contributed by atoms with Gasteiger partial charge in [-0.2, -0.15) is 0 Å². The Morgan fingerprint density at radius 3 is 2.57 bits per heavy atom. The topological polar surface area (TPSA) is 93.1 Å². The number of unbranched alkanes of at least 4 members (excludes halogenated alkanes) is 1. The molecule has 1 aliphatic heterocycles. The van der Waals surface area contributed by atoms with Crippen LogP contribution in [0.3, 0.4) is 0 Å². The fourth-order valence-electron chi connectivity index (χ4n) is 4.29. The first-order chi connectivity index (χ1) is 16.5. The summed E-state index contributed by atoms with van der Waals surface area (Å²) < 4.78 is 51.2. The Morgan fingerprint density at radius 2 is 1.97 bits per heavy atom. The van der Waals surface area contributed by atoms with Gasteiger partial charge >= 0.3 is 5.97 Å². The first kappa shape index (κ1) is 27.3. The molecule has 0 radical (unpaired) electrons. The lowest BCUT2D eigenvalue weighted by atomic mass is 9.86. The number of carbonyl (C=O) groups is 1. The van der Waals surface area contributed by atoms with Crippen molar-refractivity contribution >= 4 is 38.9 Å². The van der Waals surface area contributed by atoms with Gasteiger partial charge in [0.15, 0.2) is 15.9 Å². The molecule has 2 aromatic rings. The van der Waals surface area contributed by atoms with E-state index >= 15 is 0 Å². The molecule has 0 aliphatic carbocycles. The molecule has 0 fully saturated rings. The van der Waals surface area contributed by atoms with Crippen molar-refractivity contribution in [2.45, 2.75) is 49.0 Å². The van der Waals surface area contributed by atoms with Crippen LogP contribution in [-0.2, 0) is 19.4 Å². The van der Waals surface area contributed by atoms with E-state index in [-0.39, 0.29) is 28.8 Å². The Bertz CT molecular complexity index is 1160. The van der Waals surface area contributed by atoms with Crippen molar-refractivity contribution in [2.75, 3.05) is 37.2 Å². The number of anilines is 2. The van der Waals surface area contributed by atoms with Crippen molar-refractivity contribution < 1.29 is 32.2 Å². The lowest BCUT2D eigenvalue weighted by molar-refractivity contribution is -0.151. The summed E-state index contributed by atoms with van der Waals surface area (Å²) in [5.74, 6) is -1.01. The molecule has 10 heteroatoms. The average Bonchev–Trinajstić information content (AvgIpc) is 2.92. The summed E-state index contributed by atoms with van der Waals surface area (Å²) in [5, 5.41) is 9.93. The molecule has 1 aliphatic rings. The summed E-state index contributed by atoms with van der Waals surface area (Å²) in [5.41, 5.74) is 0.639. The van der Waals surface area contributed by atoms with Gasteiger partial charge in [0, 0.05) is 18.3 Å². The minimum absolute atomic E-state index is 0.0481. The van der Waals surface area contributed by atoms with Gasteiger partial charge in [-0.15, -0.1) is 11.8 Å². The third kappa shape index (κ3) is 6.29. The minimum atomic E-state index is -3.73. The number of nitrogens with zero attached hydrogens (tertiary/aromatic N) is 1. The zero-order chi connectivity index (χ0) is 25.8. The van der Waals surface area contributed by atoms with Crippen LogP contribution in [0.1, 0.15) is 33.1 Å². The lowest BCUT2D eigenvalue weighted by Crippen LogP contribution is -2.35.